The van der Waals surface area contributed by atoms with E-state index in [0.29, 0.717) is 33.9 Å². The zero-order valence-corrected chi connectivity index (χ0v) is 26.4. The number of hydrogen-bond donors (Lipinski definition) is 1. The maximum atomic E-state index is 6.31. The number of allylic oxidation sites excluding steroid dienone is 1. The molecule has 4 rings (SSSR count). The third-order valence-electron chi connectivity index (χ3n) is 7.14. The van der Waals surface area contributed by atoms with Gasteiger partial charge < -0.3 is 19.5 Å². The van der Waals surface area contributed by atoms with Crippen molar-refractivity contribution in [2.24, 2.45) is 11.8 Å². The Morgan fingerprint density at radius 3 is 2.02 bits per heavy atom. The number of nitrogens with zero attached hydrogens (tertiary/aromatic N) is 2. The first kappa shape index (κ1) is 33.0. The molecule has 1 aromatic heterocycles. The molecule has 0 amide bonds. The first-order chi connectivity index (χ1) is 19.2. The summed E-state index contributed by atoms with van der Waals surface area (Å²) in [5.74, 6) is 5.17. The monoisotopic (exact) mass is 567 g/mol. The normalized spacial score (nSPS) is 15.3. The van der Waals surface area contributed by atoms with E-state index in [0.717, 1.165) is 52.8 Å². The van der Waals surface area contributed by atoms with E-state index in [1.807, 2.05) is 51.1 Å². The van der Waals surface area contributed by atoms with Crippen LogP contribution in [0, 0.1) is 18.8 Å². The van der Waals surface area contributed by atoms with E-state index in [9.17, 15) is 0 Å². The van der Waals surface area contributed by atoms with Crippen molar-refractivity contribution in [1.29, 1.82) is 0 Å². The average molecular weight is 568 g/mol. The van der Waals surface area contributed by atoms with Crippen molar-refractivity contribution in [3.05, 3.63) is 59.3 Å². The van der Waals surface area contributed by atoms with E-state index in [2.05, 4.69) is 32.7 Å². The van der Waals surface area contributed by atoms with Crippen LogP contribution < -0.4 is 19.5 Å². The lowest BCUT2D eigenvalue weighted by Crippen LogP contribution is -2.18. The molecule has 0 aliphatic heterocycles. The Morgan fingerprint density at radius 2 is 1.52 bits per heavy atom. The molecule has 218 valence electrons. The summed E-state index contributed by atoms with van der Waals surface area (Å²) < 4.78 is 16.1. The molecule has 1 heterocycles. The number of aromatic nitrogens is 2. The van der Waals surface area contributed by atoms with E-state index in [-0.39, 0.29) is 0 Å². The minimum absolute atomic E-state index is 0.514. The number of benzene rings is 2. The predicted molar refractivity (Wildman–Crippen MR) is 169 cm³/mol. The van der Waals surface area contributed by atoms with Crippen LogP contribution in [0.5, 0.6) is 17.2 Å². The van der Waals surface area contributed by atoms with Crippen molar-refractivity contribution in [2.45, 2.75) is 67.2 Å². The minimum atomic E-state index is 0.514. The molecule has 40 heavy (non-hydrogen) atoms. The van der Waals surface area contributed by atoms with Crippen molar-refractivity contribution in [3.63, 3.8) is 0 Å². The SMILES string of the molecule is C=C(CCC)c1nc(-c2ccc(OC)c(OC)c2)nc(Nc2ccc(OC)c(Cl)c2)c1C.CC.CC1CCC1C. The fraction of sp³-hybridized carbons (Fsp3) is 0.455. The van der Waals surface area contributed by atoms with Crippen LogP contribution >= 0.6 is 11.6 Å². The van der Waals surface area contributed by atoms with E-state index in [4.69, 9.17) is 35.8 Å². The van der Waals surface area contributed by atoms with E-state index >= 15 is 0 Å². The molecule has 7 heteroatoms. The number of nitrogens with one attached hydrogen (secondary N) is 1. The van der Waals surface area contributed by atoms with Gasteiger partial charge in [0.1, 0.15) is 11.6 Å². The standard InChI is InChI=1S/C25H28ClN3O3.C6H12.C2H6/c1-7-8-15(2)23-16(3)24(27-18-10-12-20(30-4)19(26)14-18)29-25(28-23)17-9-11-21(31-5)22(13-17)32-6;1-5-3-4-6(5)2;1-2/h9-14H,2,7-8H2,1,3-6H3,(H,27,28,29);5-6H,3-4H2,1-2H3;1-2H3. The quantitative estimate of drug-likeness (QED) is 0.277. The molecule has 1 saturated carbocycles. The highest BCUT2D eigenvalue weighted by molar-refractivity contribution is 6.32. The molecular formula is C33H46ClN3O3. The van der Waals surface area contributed by atoms with Crippen molar-refractivity contribution in [1.82, 2.24) is 9.97 Å². The summed E-state index contributed by atoms with van der Waals surface area (Å²) in [6.07, 6.45) is 4.77. The van der Waals surface area contributed by atoms with Crippen LogP contribution in [0.3, 0.4) is 0 Å². The van der Waals surface area contributed by atoms with E-state index < -0.39 is 0 Å². The summed E-state index contributed by atoms with van der Waals surface area (Å²) in [5.41, 5.74) is 4.31. The summed E-state index contributed by atoms with van der Waals surface area (Å²) in [5, 5.41) is 3.89. The molecule has 1 fully saturated rings. The highest BCUT2D eigenvalue weighted by Gasteiger charge is 2.21. The summed E-state index contributed by atoms with van der Waals surface area (Å²) in [6, 6.07) is 11.1. The largest absolute Gasteiger partial charge is 0.495 e. The lowest BCUT2D eigenvalue weighted by atomic mass is 9.77. The van der Waals surface area contributed by atoms with Gasteiger partial charge in [-0.25, -0.2) is 9.97 Å². The van der Waals surface area contributed by atoms with Gasteiger partial charge in [0.2, 0.25) is 0 Å². The van der Waals surface area contributed by atoms with Gasteiger partial charge in [-0.15, -0.1) is 0 Å². The fourth-order valence-electron chi connectivity index (χ4n) is 4.22. The predicted octanol–water partition coefficient (Wildman–Crippen LogP) is 9.77. The number of hydrogen-bond acceptors (Lipinski definition) is 6. The summed E-state index contributed by atoms with van der Waals surface area (Å²) in [4.78, 5) is 9.66. The molecule has 2 atom stereocenters. The Bertz CT molecular complexity index is 1250. The van der Waals surface area contributed by atoms with E-state index in [1.165, 1.54) is 12.8 Å². The van der Waals surface area contributed by atoms with Gasteiger partial charge in [0.05, 0.1) is 32.0 Å². The third kappa shape index (κ3) is 8.37. The number of methoxy groups -OCH3 is 3. The fourth-order valence-corrected chi connectivity index (χ4v) is 4.48. The highest BCUT2D eigenvalue weighted by Crippen LogP contribution is 2.35. The first-order valence-electron chi connectivity index (χ1n) is 14.1. The highest BCUT2D eigenvalue weighted by atomic mass is 35.5. The summed E-state index contributed by atoms with van der Waals surface area (Å²) >= 11 is 6.31. The van der Waals surface area contributed by atoms with Crippen LogP contribution in [0.15, 0.2) is 43.0 Å². The Balaban J connectivity index is 0.000000609. The van der Waals surface area contributed by atoms with Crippen molar-refractivity contribution in [2.75, 3.05) is 26.6 Å². The number of ether oxygens (including phenoxy) is 3. The lowest BCUT2D eigenvalue weighted by molar-refractivity contribution is 0.219. The molecule has 6 nitrogen and oxygen atoms in total. The topological polar surface area (TPSA) is 65.5 Å². The van der Waals surface area contributed by atoms with Gasteiger partial charge >= 0.3 is 0 Å². The smallest absolute Gasteiger partial charge is 0.162 e. The van der Waals surface area contributed by atoms with Crippen molar-refractivity contribution >= 4 is 28.7 Å². The van der Waals surface area contributed by atoms with Gasteiger partial charge in [0.15, 0.2) is 17.3 Å². The van der Waals surface area contributed by atoms with Crippen LogP contribution in [0.1, 0.15) is 71.6 Å². The van der Waals surface area contributed by atoms with Crippen LogP contribution in [-0.2, 0) is 0 Å². The Labute approximate surface area is 246 Å². The second kappa shape index (κ2) is 16.1. The molecule has 0 spiro atoms. The molecule has 0 saturated heterocycles. The minimum Gasteiger partial charge on any atom is -0.495 e. The average Bonchev–Trinajstić information content (AvgIpc) is 2.98. The number of rotatable bonds is 9. The Morgan fingerprint density at radius 1 is 0.925 bits per heavy atom. The zero-order chi connectivity index (χ0) is 29.8. The van der Waals surface area contributed by atoms with Crippen molar-refractivity contribution < 1.29 is 14.2 Å². The molecule has 1 N–H and O–H groups in total. The second-order valence-corrected chi connectivity index (χ2v) is 10.2. The van der Waals surface area contributed by atoms with Crippen LogP contribution in [-0.4, -0.2) is 31.3 Å². The van der Waals surface area contributed by atoms with Gasteiger partial charge in [0, 0.05) is 16.8 Å². The molecule has 2 aromatic carbocycles. The molecule has 3 aromatic rings. The molecule has 2 unspecified atom stereocenters. The summed E-state index contributed by atoms with van der Waals surface area (Å²) in [6.45, 7) is 17.0. The molecule has 0 bridgehead atoms. The van der Waals surface area contributed by atoms with Crippen LogP contribution in [0.25, 0.3) is 17.0 Å². The van der Waals surface area contributed by atoms with Gasteiger partial charge in [-0.05, 0) is 67.2 Å². The maximum absolute atomic E-state index is 6.31. The van der Waals surface area contributed by atoms with Crippen LogP contribution in [0.2, 0.25) is 5.02 Å². The zero-order valence-electron chi connectivity index (χ0n) is 25.7. The Kier molecular flexibility index (Phi) is 13.3. The first-order valence-corrected chi connectivity index (χ1v) is 14.5. The van der Waals surface area contributed by atoms with Gasteiger partial charge in [0.25, 0.3) is 0 Å². The van der Waals surface area contributed by atoms with Gasteiger partial charge in [-0.3, -0.25) is 0 Å². The molecular weight excluding hydrogens is 522 g/mol. The lowest BCUT2D eigenvalue weighted by Gasteiger charge is -2.29. The maximum Gasteiger partial charge on any atom is 0.162 e. The van der Waals surface area contributed by atoms with Gasteiger partial charge in [-0.1, -0.05) is 72.1 Å². The third-order valence-corrected chi connectivity index (χ3v) is 7.43. The van der Waals surface area contributed by atoms with E-state index in [1.54, 1.807) is 27.4 Å². The number of halogens is 1. The number of anilines is 2. The molecule has 1 aliphatic rings. The second-order valence-electron chi connectivity index (χ2n) is 9.80. The summed E-state index contributed by atoms with van der Waals surface area (Å²) in [7, 11) is 4.80. The molecule has 1 aliphatic carbocycles. The van der Waals surface area contributed by atoms with Crippen molar-refractivity contribution in [3.8, 4) is 28.6 Å². The molecule has 0 radical (unpaired) electrons. The van der Waals surface area contributed by atoms with Gasteiger partial charge in [-0.2, -0.15) is 0 Å². The Hall–Kier alpha value is -3.25. The van der Waals surface area contributed by atoms with Crippen LogP contribution in [0.4, 0.5) is 11.5 Å².